The van der Waals surface area contributed by atoms with Gasteiger partial charge in [0.25, 0.3) is 0 Å². The van der Waals surface area contributed by atoms with Crippen molar-refractivity contribution >= 4 is 11.6 Å². The van der Waals surface area contributed by atoms with Crippen molar-refractivity contribution in [3.05, 3.63) is 17.7 Å². The second-order valence-electron chi connectivity index (χ2n) is 4.81. The van der Waals surface area contributed by atoms with E-state index in [2.05, 4.69) is 4.98 Å². The zero-order chi connectivity index (χ0) is 14.8. The number of anilines is 2. The van der Waals surface area contributed by atoms with E-state index in [9.17, 15) is 13.2 Å². The van der Waals surface area contributed by atoms with Crippen molar-refractivity contribution in [3.63, 3.8) is 0 Å². The lowest BCUT2D eigenvalue weighted by Gasteiger charge is -2.25. The Labute approximate surface area is 115 Å². The van der Waals surface area contributed by atoms with Crippen LogP contribution < -0.4 is 10.6 Å². The SMILES string of the molecule is CCN(CC1CCCO1)c1cc(C(F)(F)F)cc(N)n1. The normalized spacial score (nSPS) is 19.3. The van der Waals surface area contributed by atoms with Crippen molar-refractivity contribution in [1.29, 1.82) is 0 Å². The molecule has 112 valence electrons. The Bertz CT molecular complexity index is 459. The van der Waals surface area contributed by atoms with Crippen LogP contribution in [-0.4, -0.2) is 30.8 Å². The molecule has 1 atom stereocenters. The highest BCUT2D eigenvalue weighted by atomic mass is 19.4. The first-order chi connectivity index (χ1) is 9.40. The number of nitrogens with two attached hydrogens (primary N) is 1. The summed E-state index contributed by atoms with van der Waals surface area (Å²) in [5, 5.41) is 0. The van der Waals surface area contributed by atoms with Crippen LogP contribution in [0.25, 0.3) is 0 Å². The van der Waals surface area contributed by atoms with Crippen molar-refractivity contribution < 1.29 is 17.9 Å². The van der Waals surface area contributed by atoms with Crippen LogP contribution in [0.5, 0.6) is 0 Å². The molecule has 1 aliphatic heterocycles. The lowest BCUT2D eigenvalue weighted by atomic mass is 10.2. The summed E-state index contributed by atoms with van der Waals surface area (Å²) < 4.78 is 43.9. The number of aromatic nitrogens is 1. The Balaban J connectivity index is 2.22. The molecule has 4 nitrogen and oxygen atoms in total. The van der Waals surface area contributed by atoms with Crippen LogP contribution in [0.3, 0.4) is 0 Å². The molecule has 1 aromatic rings. The third-order valence-corrected chi connectivity index (χ3v) is 3.31. The minimum absolute atomic E-state index is 0.0486. The Hall–Kier alpha value is -1.50. The number of ether oxygens (including phenoxy) is 1. The Morgan fingerprint density at radius 2 is 2.20 bits per heavy atom. The van der Waals surface area contributed by atoms with Crippen LogP contribution in [0, 0.1) is 0 Å². The van der Waals surface area contributed by atoms with Gasteiger partial charge < -0.3 is 15.4 Å². The lowest BCUT2D eigenvalue weighted by molar-refractivity contribution is -0.137. The van der Waals surface area contributed by atoms with Gasteiger partial charge in [-0.05, 0) is 31.9 Å². The number of alkyl halides is 3. The fraction of sp³-hybridized carbons (Fsp3) is 0.615. The second kappa shape index (κ2) is 5.87. The number of pyridine rings is 1. The van der Waals surface area contributed by atoms with Crippen LogP contribution in [0.1, 0.15) is 25.3 Å². The minimum Gasteiger partial charge on any atom is -0.384 e. The summed E-state index contributed by atoms with van der Waals surface area (Å²) in [5.41, 5.74) is 4.72. The van der Waals surface area contributed by atoms with E-state index in [1.165, 1.54) is 0 Å². The fourth-order valence-electron chi connectivity index (χ4n) is 2.28. The number of rotatable bonds is 4. The van der Waals surface area contributed by atoms with Gasteiger partial charge in [0.15, 0.2) is 0 Å². The molecule has 1 fully saturated rings. The molecule has 1 aromatic heterocycles. The lowest BCUT2D eigenvalue weighted by Crippen LogP contribution is -2.33. The maximum atomic E-state index is 12.8. The van der Waals surface area contributed by atoms with Crippen LogP contribution in [-0.2, 0) is 10.9 Å². The van der Waals surface area contributed by atoms with E-state index >= 15 is 0 Å². The predicted octanol–water partition coefficient (Wildman–Crippen LogP) is 2.69. The third-order valence-electron chi connectivity index (χ3n) is 3.31. The van der Waals surface area contributed by atoms with Gasteiger partial charge in [-0.15, -0.1) is 0 Å². The quantitative estimate of drug-likeness (QED) is 0.926. The van der Waals surface area contributed by atoms with Crippen LogP contribution >= 0.6 is 0 Å². The van der Waals surface area contributed by atoms with Crippen LogP contribution in [0.4, 0.5) is 24.8 Å². The van der Waals surface area contributed by atoms with Gasteiger partial charge in [-0.3, -0.25) is 0 Å². The zero-order valence-corrected chi connectivity index (χ0v) is 11.3. The average molecular weight is 289 g/mol. The van der Waals surface area contributed by atoms with Gasteiger partial charge in [-0.2, -0.15) is 13.2 Å². The molecule has 0 aromatic carbocycles. The first kappa shape index (κ1) is 14.9. The van der Waals surface area contributed by atoms with Gasteiger partial charge in [0.05, 0.1) is 11.7 Å². The molecule has 1 unspecified atom stereocenters. The van der Waals surface area contributed by atoms with E-state index in [1.54, 1.807) is 4.90 Å². The summed E-state index contributed by atoms with van der Waals surface area (Å²) in [7, 11) is 0. The number of likely N-dealkylation sites (N-methyl/N-ethyl adjacent to an activating group) is 1. The van der Waals surface area contributed by atoms with E-state index < -0.39 is 11.7 Å². The molecule has 7 heteroatoms. The Morgan fingerprint density at radius 1 is 1.45 bits per heavy atom. The number of hydrogen-bond donors (Lipinski definition) is 1. The maximum Gasteiger partial charge on any atom is 0.416 e. The van der Waals surface area contributed by atoms with Gasteiger partial charge in [0.2, 0.25) is 0 Å². The monoisotopic (exact) mass is 289 g/mol. The third kappa shape index (κ3) is 3.53. The summed E-state index contributed by atoms with van der Waals surface area (Å²) in [6, 6.07) is 1.89. The molecule has 0 bridgehead atoms. The second-order valence-corrected chi connectivity index (χ2v) is 4.81. The Morgan fingerprint density at radius 3 is 2.75 bits per heavy atom. The summed E-state index contributed by atoms with van der Waals surface area (Å²) in [6.07, 6.45) is -2.46. The van der Waals surface area contributed by atoms with Crippen molar-refractivity contribution in [3.8, 4) is 0 Å². The van der Waals surface area contributed by atoms with Crippen molar-refractivity contribution in [2.75, 3.05) is 30.3 Å². The zero-order valence-electron chi connectivity index (χ0n) is 11.3. The number of nitrogens with zero attached hydrogens (tertiary/aromatic N) is 2. The van der Waals surface area contributed by atoms with E-state index in [0.717, 1.165) is 25.0 Å². The molecule has 20 heavy (non-hydrogen) atoms. The molecule has 2 rings (SSSR count). The molecule has 1 aliphatic rings. The fourth-order valence-corrected chi connectivity index (χ4v) is 2.28. The highest BCUT2D eigenvalue weighted by Gasteiger charge is 2.32. The molecule has 0 saturated carbocycles. The highest BCUT2D eigenvalue weighted by Crippen LogP contribution is 2.32. The van der Waals surface area contributed by atoms with E-state index in [1.807, 2.05) is 6.92 Å². The first-order valence-electron chi connectivity index (χ1n) is 6.61. The molecule has 2 heterocycles. The molecular formula is C13H18F3N3O. The number of halogens is 3. The van der Waals surface area contributed by atoms with Crippen molar-refractivity contribution in [1.82, 2.24) is 4.98 Å². The van der Waals surface area contributed by atoms with Gasteiger partial charge >= 0.3 is 6.18 Å². The molecule has 0 aliphatic carbocycles. The number of hydrogen-bond acceptors (Lipinski definition) is 4. The van der Waals surface area contributed by atoms with E-state index in [-0.39, 0.29) is 17.7 Å². The van der Waals surface area contributed by atoms with Gasteiger partial charge in [-0.25, -0.2) is 4.98 Å². The van der Waals surface area contributed by atoms with E-state index in [4.69, 9.17) is 10.5 Å². The average Bonchev–Trinajstić information content (AvgIpc) is 2.87. The predicted molar refractivity (Wildman–Crippen MR) is 70.5 cm³/mol. The number of nitrogen functional groups attached to an aromatic ring is 1. The van der Waals surface area contributed by atoms with Gasteiger partial charge in [0, 0.05) is 19.7 Å². The highest BCUT2D eigenvalue weighted by molar-refractivity contribution is 5.49. The Kier molecular flexibility index (Phi) is 4.37. The minimum atomic E-state index is -4.42. The summed E-state index contributed by atoms with van der Waals surface area (Å²) in [6.45, 7) is 3.66. The standard InChI is InChI=1S/C13H18F3N3O/c1-2-19(8-10-4-3-5-20-10)12-7-9(13(14,15)16)6-11(17)18-12/h6-7,10H,2-5,8H2,1H3,(H2,17,18). The van der Waals surface area contributed by atoms with Crippen LogP contribution in [0.15, 0.2) is 12.1 Å². The maximum absolute atomic E-state index is 12.8. The largest absolute Gasteiger partial charge is 0.416 e. The molecule has 0 radical (unpaired) electrons. The van der Waals surface area contributed by atoms with Crippen LogP contribution in [0.2, 0.25) is 0 Å². The summed E-state index contributed by atoms with van der Waals surface area (Å²) >= 11 is 0. The molecule has 1 saturated heterocycles. The molecule has 0 spiro atoms. The van der Waals surface area contributed by atoms with Crippen molar-refractivity contribution in [2.45, 2.75) is 32.0 Å². The topological polar surface area (TPSA) is 51.4 Å². The smallest absolute Gasteiger partial charge is 0.384 e. The van der Waals surface area contributed by atoms with Gasteiger partial charge in [0.1, 0.15) is 11.6 Å². The van der Waals surface area contributed by atoms with Crippen molar-refractivity contribution in [2.24, 2.45) is 0 Å². The molecule has 0 amide bonds. The molecule has 2 N–H and O–H groups in total. The summed E-state index contributed by atoms with van der Waals surface area (Å²) in [4.78, 5) is 5.77. The van der Waals surface area contributed by atoms with Gasteiger partial charge in [-0.1, -0.05) is 0 Å². The summed E-state index contributed by atoms with van der Waals surface area (Å²) in [5.74, 6) is 0.121. The van der Waals surface area contributed by atoms with E-state index in [0.29, 0.717) is 19.7 Å². The first-order valence-corrected chi connectivity index (χ1v) is 6.61. The molecular weight excluding hydrogens is 271 g/mol.